The molecular formula is C19H21N3O7S. The van der Waals surface area contributed by atoms with Crippen LogP contribution in [-0.2, 0) is 9.84 Å². The number of amides is 2. The quantitative estimate of drug-likeness (QED) is 0.559. The standard InChI is InChI=1S/C19H21N3O7S/c1-12-3-4-17(29-12)18(23)20-14-5-7-21(8-6-14)19(24)13-9-15(22(25)26)11-16(10-13)30(2,27)28/h3-4,9-11,14H,5-8H2,1-2H3,(H,20,23). The summed E-state index contributed by atoms with van der Waals surface area (Å²) in [6.45, 7) is 2.37. The van der Waals surface area contributed by atoms with E-state index in [-0.39, 0.29) is 28.2 Å². The molecule has 0 saturated carbocycles. The Kier molecular flexibility index (Phi) is 5.92. The van der Waals surface area contributed by atoms with Gasteiger partial charge in [0.1, 0.15) is 5.76 Å². The van der Waals surface area contributed by atoms with Crippen LogP contribution >= 0.6 is 0 Å². The van der Waals surface area contributed by atoms with Crippen LogP contribution in [0.1, 0.15) is 39.5 Å². The Balaban J connectivity index is 1.68. The number of nitro benzene ring substituents is 1. The van der Waals surface area contributed by atoms with Crippen LogP contribution in [0.4, 0.5) is 5.69 Å². The molecule has 1 aliphatic heterocycles. The molecule has 2 aromatic rings. The number of nitro groups is 1. The molecular weight excluding hydrogens is 414 g/mol. The molecule has 0 atom stereocenters. The first-order valence-electron chi connectivity index (χ1n) is 9.20. The van der Waals surface area contributed by atoms with Crippen molar-refractivity contribution in [1.29, 1.82) is 0 Å². The zero-order valence-electron chi connectivity index (χ0n) is 16.5. The Morgan fingerprint density at radius 1 is 1.20 bits per heavy atom. The number of benzene rings is 1. The van der Waals surface area contributed by atoms with Crippen molar-refractivity contribution < 1.29 is 27.3 Å². The number of sulfone groups is 1. The van der Waals surface area contributed by atoms with Crippen molar-refractivity contribution in [2.24, 2.45) is 0 Å². The van der Waals surface area contributed by atoms with Gasteiger partial charge in [-0.25, -0.2) is 8.42 Å². The van der Waals surface area contributed by atoms with Gasteiger partial charge in [-0.15, -0.1) is 0 Å². The minimum atomic E-state index is -3.72. The van der Waals surface area contributed by atoms with Crippen LogP contribution < -0.4 is 5.32 Å². The number of hydrogen-bond donors (Lipinski definition) is 1. The summed E-state index contributed by atoms with van der Waals surface area (Å²) in [5, 5.41) is 14.0. The molecule has 0 aliphatic carbocycles. The van der Waals surface area contributed by atoms with Gasteiger partial charge in [-0.1, -0.05) is 0 Å². The van der Waals surface area contributed by atoms with E-state index in [0.29, 0.717) is 31.7 Å². The van der Waals surface area contributed by atoms with Crippen molar-refractivity contribution in [3.8, 4) is 0 Å². The number of aryl methyl sites for hydroxylation is 1. The lowest BCUT2D eigenvalue weighted by Crippen LogP contribution is -2.46. The summed E-state index contributed by atoms with van der Waals surface area (Å²) >= 11 is 0. The van der Waals surface area contributed by atoms with Gasteiger partial charge in [0.15, 0.2) is 15.6 Å². The topological polar surface area (TPSA) is 140 Å². The van der Waals surface area contributed by atoms with Gasteiger partial charge in [0, 0.05) is 43.1 Å². The normalized spacial score (nSPS) is 15.1. The molecule has 3 rings (SSSR count). The Morgan fingerprint density at radius 2 is 1.87 bits per heavy atom. The summed E-state index contributed by atoms with van der Waals surface area (Å²) in [5.41, 5.74) is -0.518. The summed E-state index contributed by atoms with van der Waals surface area (Å²) in [6, 6.07) is 6.29. The van der Waals surface area contributed by atoms with E-state index >= 15 is 0 Å². The number of carbonyl (C=O) groups excluding carboxylic acids is 2. The van der Waals surface area contributed by atoms with Crippen LogP contribution in [0.25, 0.3) is 0 Å². The van der Waals surface area contributed by atoms with E-state index in [4.69, 9.17) is 4.42 Å². The van der Waals surface area contributed by atoms with Crippen LogP contribution in [0.5, 0.6) is 0 Å². The summed E-state index contributed by atoms with van der Waals surface area (Å²) < 4.78 is 28.9. The average Bonchev–Trinajstić information content (AvgIpc) is 3.13. The van der Waals surface area contributed by atoms with Gasteiger partial charge < -0.3 is 14.6 Å². The SMILES string of the molecule is Cc1ccc(C(=O)NC2CCN(C(=O)c3cc([N+](=O)[O-])cc(S(C)(=O)=O)c3)CC2)o1. The van der Waals surface area contributed by atoms with E-state index in [9.17, 15) is 28.1 Å². The molecule has 10 nitrogen and oxygen atoms in total. The van der Waals surface area contributed by atoms with Crippen LogP contribution in [0.2, 0.25) is 0 Å². The van der Waals surface area contributed by atoms with Crippen LogP contribution in [0.3, 0.4) is 0 Å². The van der Waals surface area contributed by atoms with Gasteiger partial charge in [-0.05, 0) is 38.0 Å². The maximum Gasteiger partial charge on any atom is 0.287 e. The van der Waals surface area contributed by atoms with Gasteiger partial charge >= 0.3 is 0 Å². The van der Waals surface area contributed by atoms with Crippen LogP contribution in [0.15, 0.2) is 39.6 Å². The minimum Gasteiger partial charge on any atom is -0.456 e. The summed E-state index contributed by atoms with van der Waals surface area (Å²) in [4.78, 5) is 36.6. The van der Waals surface area contributed by atoms with Crippen molar-refractivity contribution in [3.05, 3.63) is 57.5 Å². The molecule has 2 amide bonds. The molecule has 1 aliphatic rings. The fourth-order valence-corrected chi connectivity index (χ4v) is 3.92. The van der Waals surface area contributed by atoms with Gasteiger partial charge in [0.05, 0.1) is 9.82 Å². The monoisotopic (exact) mass is 435 g/mol. The highest BCUT2D eigenvalue weighted by atomic mass is 32.2. The zero-order chi connectivity index (χ0) is 22.1. The fourth-order valence-electron chi connectivity index (χ4n) is 3.25. The third kappa shape index (κ3) is 4.85. The largest absolute Gasteiger partial charge is 0.456 e. The highest BCUT2D eigenvalue weighted by Gasteiger charge is 2.27. The van der Waals surface area contributed by atoms with Gasteiger partial charge in [0.2, 0.25) is 0 Å². The second-order valence-electron chi connectivity index (χ2n) is 7.20. The number of nitrogens with one attached hydrogen (secondary N) is 1. The number of non-ortho nitro benzene ring substituents is 1. The molecule has 0 bridgehead atoms. The molecule has 1 aromatic heterocycles. The first-order chi connectivity index (χ1) is 14.0. The molecule has 1 N–H and O–H groups in total. The summed E-state index contributed by atoms with van der Waals surface area (Å²) in [6.07, 6.45) is 1.91. The molecule has 160 valence electrons. The highest BCUT2D eigenvalue weighted by molar-refractivity contribution is 7.90. The zero-order valence-corrected chi connectivity index (χ0v) is 17.3. The molecule has 2 heterocycles. The predicted octanol–water partition coefficient (Wildman–Crippen LogP) is 1.93. The van der Waals surface area contributed by atoms with E-state index in [1.165, 1.54) is 4.90 Å². The molecule has 0 spiro atoms. The van der Waals surface area contributed by atoms with Crippen molar-refractivity contribution in [2.75, 3.05) is 19.3 Å². The lowest BCUT2D eigenvalue weighted by atomic mass is 10.0. The van der Waals surface area contributed by atoms with E-state index in [2.05, 4.69) is 5.32 Å². The van der Waals surface area contributed by atoms with E-state index in [0.717, 1.165) is 24.5 Å². The average molecular weight is 435 g/mol. The fraction of sp³-hybridized carbons (Fsp3) is 0.368. The smallest absolute Gasteiger partial charge is 0.287 e. The third-order valence-corrected chi connectivity index (χ3v) is 5.95. The van der Waals surface area contributed by atoms with Gasteiger partial charge in [-0.3, -0.25) is 19.7 Å². The number of likely N-dealkylation sites (tertiary alicyclic amines) is 1. The second kappa shape index (κ2) is 8.27. The van der Waals surface area contributed by atoms with Gasteiger partial charge in [0.25, 0.3) is 17.5 Å². The number of hydrogen-bond acceptors (Lipinski definition) is 7. The Labute approximate surface area is 172 Å². The third-order valence-electron chi connectivity index (χ3n) is 4.86. The Morgan fingerprint density at radius 3 is 2.40 bits per heavy atom. The Bertz CT molecular complexity index is 1100. The predicted molar refractivity (Wildman–Crippen MR) is 106 cm³/mol. The number of nitrogens with zero attached hydrogens (tertiary/aromatic N) is 2. The van der Waals surface area contributed by atoms with Crippen molar-refractivity contribution in [3.63, 3.8) is 0 Å². The molecule has 0 unspecified atom stereocenters. The molecule has 1 aromatic carbocycles. The first-order valence-corrected chi connectivity index (χ1v) is 11.1. The Hall–Kier alpha value is -3.21. The lowest BCUT2D eigenvalue weighted by Gasteiger charge is -2.32. The molecule has 30 heavy (non-hydrogen) atoms. The lowest BCUT2D eigenvalue weighted by molar-refractivity contribution is -0.385. The number of carbonyl (C=O) groups is 2. The molecule has 1 fully saturated rings. The van der Waals surface area contributed by atoms with Crippen molar-refractivity contribution in [2.45, 2.75) is 30.7 Å². The molecule has 1 saturated heterocycles. The summed E-state index contributed by atoms with van der Waals surface area (Å²) in [5.74, 6) is 0.0290. The maximum atomic E-state index is 12.8. The second-order valence-corrected chi connectivity index (χ2v) is 9.21. The minimum absolute atomic E-state index is 0.0572. The van der Waals surface area contributed by atoms with Crippen molar-refractivity contribution in [1.82, 2.24) is 10.2 Å². The van der Waals surface area contributed by atoms with E-state index < -0.39 is 26.4 Å². The van der Waals surface area contributed by atoms with Crippen molar-refractivity contribution >= 4 is 27.3 Å². The van der Waals surface area contributed by atoms with Gasteiger partial charge in [-0.2, -0.15) is 0 Å². The molecule has 11 heteroatoms. The highest BCUT2D eigenvalue weighted by Crippen LogP contribution is 2.23. The van der Waals surface area contributed by atoms with E-state index in [1.54, 1.807) is 19.1 Å². The maximum absolute atomic E-state index is 12.8. The van der Waals surface area contributed by atoms with E-state index in [1.807, 2.05) is 0 Å². The first kappa shape index (κ1) is 21.5. The number of piperidine rings is 1. The number of furan rings is 1. The summed E-state index contributed by atoms with van der Waals surface area (Å²) in [7, 11) is -3.72. The van der Waals surface area contributed by atoms with Crippen LogP contribution in [0, 0.1) is 17.0 Å². The molecule has 0 radical (unpaired) electrons. The van der Waals surface area contributed by atoms with Crippen LogP contribution in [-0.4, -0.2) is 55.4 Å². The number of rotatable bonds is 5.